The van der Waals surface area contributed by atoms with Gasteiger partial charge in [0.2, 0.25) is 0 Å². The van der Waals surface area contributed by atoms with E-state index in [4.69, 9.17) is 21.8 Å². The lowest BCUT2D eigenvalue weighted by atomic mass is 9.86. The first-order chi connectivity index (χ1) is 7.39. The van der Waals surface area contributed by atoms with E-state index >= 15 is 0 Å². The summed E-state index contributed by atoms with van der Waals surface area (Å²) in [6.07, 6.45) is 0. The van der Waals surface area contributed by atoms with Crippen molar-refractivity contribution in [3.05, 3.63) is 35.0 Å². The molecule has 1 aromatic heterocycles. The monoisotopic (exact) mass is 237 g/mol. The Balaban J connectivity index is 2.52. The van der Waals surface area contributed by atoms with E-state index in [2.05, 4.69) is 20.8 Å². The van der Waals surface area contributed by atoms with Crippen LogP contribution < -0.4 is 5.73 Å². The fourth-order valence-electron chi connectivity index (χ4n) is 1.63. The molecule has 0 saturated carbocycles. The molecule has 0 aliphatic heterocycles. The maximum atomic E-state index is 6.15. The number of para-hydroxylation sites is 1. The van der Waals surface area contributed by atoms with Crippen LogP contribution in [0.2, 0.25) is 5.02 Å². The molecule has 2 nitrogen and oxygen atoms in total. The van der Waals surface area contributed by atoms with E-state index in [0.29, 0.717) is 5.02 Å². The molecule has 0 saturated heterocycles. The largest absolute Gasteiger partial charge is 0.458 e. The molecule has 16 heavy (non-hydrogen) atoms. The summed E-state index contributed by atoms with van der Waals surface area (Å²) in [4.78, 5) is 0. The average molecular weight is 238 g/mol. The topological polar surface area (TPSA) is 39.2 Å². The highest BCUT2D eigenvalue weighted by atomic mass is 35.5. The van der Waals surface area contributed by atoms with Gasteiger partial charge in [0.05, 0.1) is 11.1 Å². The minimum absolute atomic E-state index is 0.0274. The van der Waals surface area contributed by atoms with Gasteiger partial charge in [-0.1, -0.05) is 44.5 Å². The van der Waals surface area contributed by atoms with Crippen LogP contribution in [0.3, 0.4) is 0 Å². The van der Waals surface area contributed by atoms with Crippen molar-refractivity contribution in [1.29, 1.82) is 0 Å². The molecule has 2 aromatic rings. The van der Waals surface area contributed by atoms with Crippen molar-refractivity contribution in [2.24, 2.45) is 11.1 Å². The van der Waals surface area contributed by atoms with Gasteiger partial charge in [-0.2, -0.15) is 0 Å². The summed E-state index contributed by atoms with van der Waals surface area (Å²) >= 11 is 6.05. The number of fused-ring (bicyclic) bond motifs is 1. The molecule has 86 valence electrons. The lowest BCUT2D eigenvalue weighted by molar-refractivity contribution is 0.290. The van der Waals surface area contributed by atoms with Crippen LogP contribution in [0.15, 0.2) is 28.7 Å². The fraction of sp³-hybridized carbons (Fsp3) is 0.385. The maximum absolute atomic E-state index is 6.15. The molecule has 0 amide bonds. The first kappa shape index (κ1) is 11.5. The first-order valence-corrected chi connectivity index (χ1v) is 5.71. The molecular weight excluding hydrogens is 222 g/mol. The molecule has 0 spiro atoms. The molecular formula is C13H16ClNO. The second-order valence-electron chi connectivity index (χ2n) is 5.15. The van der Waals surface area contributed by atoms with Crippen LogP contribution in [-0.2, 0) is 0 Å². The van der Waals surface area contributed by atoms with Crippen LogP contribution in [0.1, 0.15) is 32.6 Å². The molecule has 0 bridgehead atoms. The molecule has 0 fully saturated rings. The zero-order valence-electron chi connectivity index (χ0n) is 9.75. The molecule has 0 aliphatic rings. The smallest absolute Gasteiger partial charge is 0.152 e. The molecule has 0 radical (unpaired) electrons. The molecule has 2 N–H and O–H groups in total. The Bertz CT molecular complexity index is 510. The molecule has 1 heterocycles. The molecule has 0 aliphatic carbocycles. The third-order valence-corrected chi connectivity index (χ3v) is 3.05. The Labute approximate surface area is 100 Å². The van der Waals surface area contributed by atoms with Gasteiger partial charge in [-0.25, -0.2) is 0 Å². The van der Waals surface area contributed by atoms with E-state index in [1.54, 1.807) is 0 Å². The summed E-state index contributed by atoms with van der Waals surface area (Å²) < 4.78 is 5.73. The van der Waals surface area contributed by atoms with Gasteiger partial charge in [-0.15, -0.1) is 0 Å². The van der Waals surface area contributed by atoms with Gasteiger partial charge in [0, 0.05) is 5.39 Å². The predicted octanol–water partition coefficient (Wildman–Crippen LogP) is 4.13. The number of hydrogen-bond acceptors (Lipinski definition) is 2. The SMILES string of the molecule is CC(C)(C)[C@H](N)c1cc2cccc(Cl)c2o1. The zero-order chi connectivity index (χ0) is 11.9. The number of halogens is 1. The summed E-state index contributed by atoms with van der Waals surface area (Å²) in [5, 5.41) is 1.63. The van der Waals surface area contributed by atoms with Gasteiger partial charge in [0.1, 0.15) is 5.76 Å². The normalized spacial score (nSPS) is 14.3. The third kappa shape index (κ3) is 1.95. The summed E-state index contributed by atoms with van der Waals surface area (Å²) in [6, 6.07) is 7.54. The molecule has 3 heteroatoms. The van der Waals surface area contributed by atoms with Crippen molar-refractivity contribution in [2.45, 2.75) is 26.8 Å². The van der Waals surface area contributed by atoms with Crippen molar-refractivity contribution >= 4 is 22.6 Å². The van der Waals surface area contributed by atoms with E-state index in [1.807, 2.05) is 24.3 Å². The molecule has 2 rings (SSSR count). The molecule has 1 aromatic carbocycles. The van der Waals surface area contributed by atoms with E-state index in [9.17, 15) is 0 Å². The van der Waals surface area contributed by atoms with E-state index in [0.717, 1.165) is 16.7 Å². The van der Waals surface area contributed by atoms with Gasteiger partial charge < -0.3 is 10.2 Å². The molecule has 0 unspecified atom stereocenters. The maximum Gasteiger partial charge on any atom is 0.152 e. The minimum Gasteiger partial charge on any atom is -0.458 e. The highest BCUT2D eigenvalue weighted by molar-refractivity contribution is 6.34. The van der Waals surface area contributed by atoms with E-state index in [1.165, 1.54) is 0 Å². The van der Waals surface area contributed by atoms with Crippen molar-refractivity contribution in [3.63, 3.8) is 0 Å². The number of rotatable bonds is 1. The zero-order valence-corrected chi connectivity index (χ0v) is 10.5. The highest BCUT2D eigenvalue weighted by Gasteiger charge is 2.25. The van der Waals surface area contributed by atoms with Gasteiger partial charge >= 0.3 is 0 Å². The van der Waals surface area contributed by atoms with Gasteiger partial charge in [0.15, 0.2) is 5.58 Å². The molecule has 1 atom stereocenters. The number of nitrogens with two attached hydrogens (primary N) is 1. The van der Waals surface area contributed by atoms with Crippen LogP contribution in [0.5, 0.6) is 0 Å². The Morgan fingerprint density at radius 3 is 2.56 bits per heavy atom. The average Bonchev–Trinajstić information content (AvgIpc) is 2.60. The second kappa shape index (κ2) is 3.79. The van der Waals surface area contributed by atoms with Crippen LogP contribution in [0.4, 0.5) is 0 Å². The summed E-state index contributed by atoms with van der Waals surface area (Å²) in [6.45, 7) is 6.27. The number of benzene rings is 1. The number of furan rings is 1. The lowest BCUT2D eigenvalue weighted by Gasteiger charge is -2.24. The van der Waals surface area contributed by atoms with Crippen molar-refractivity contribution in [3.8, 4) is 0 Å². The Hall–Kier alpha value is -0.990. The van der Waals surface area contributed by atoms with Crippen LogP contribution in [0.25, 0.3) is 11.0 Å². The Morgan fingerprint density at radius 1 is 1.31 bits per heavy atom. The van der Waals surface area contributed by atoms with Gasteiger partial charge in [-0.3, -0.25) is 0 Å². The second-order valence-corrected chi connectivity index (χ2v) is 5.56. The summed E-state index contributed by atoms with van der Waals surface area (Å²) in [5.41, 5.74) is 6.84. The lowest BCUT2D eigenvalue weighted by Crippen LogP contribution is -2.25. The number of hydrogen-bond donors (Lipinski definition) is 1. The predicted molar refractivity (Wildman–Crippen MR) is 67.6 cm³/mol. The fourth-order valence-corrected chi connectivity index (χ4v) is 1.85. The van der Waals surface area contributed by atoms with Crippen molar-refractivity contribution in [2.75, 3.05) is 0 Å². The van der Waals surface area contributed by atoms with E-state index < -0.39 is 0 Å². The summed E-state index contributed by atoms with van der Waals surface area (Å²) in [7, 11) is 0. The van der Waals surface area contributed by atoms with Gasteiger partial charge in [-0.05, 0) is 17.5 Å². The van der Waals surface area contributed by atoms with Crippen LogP contribution in [0, 0.1) is 5.41 Å². The van der Waals surface area contributed by atoms with Crippen LogP contribution >= 0.6 is 11.6 Å². The Morgan fingerprint density at radius 2 is 2.00 bits per heavy atom. The Kier molecular flexibility index (Phi) is 2.72. The van der Waals surface area contributed by atoms with Crippen molar-refractivity contribution in [1.82, 2.24) is 0 Å². The van der Waals surface area contributed by atoms with E-state index in [-0.39, 0.29) is 11.5 Å². The first-order valence-electron chi connectivity index (χ1n) is 5.33. The van der Waals surface area contributed by atoms with Crippen LogP contribution in [-0.4, -0.2) is 0 Å². The third-order valence-electron chi connectivity index (χ3n) is 2.75. The minimum atomic E-state index is -0.129. The summed E-state index contributed by atoms with van der Waals surface area (Å²) in [5.74, 6) is 0.788. The quantitative estimate of drug-likeness (QED) is 0.810. The van der Waals surface area contributed by atoms with Crippen molar-refractivity contribution < 1.29 is 4.42 Å². The van der Waals surface area contributed by atoms with Gasteiger partial charge in [0.25, 0.3) is 0 Å². The highest BCUT2D eigenvalue weighted by Crippen LogP contribution is 2.35. The standard InChI is InChI=1S/C13H16ClNO/c1-13(2,3)12(15)10-7-8-5-4-6-9(14)11(8)16-10/h4-7,12H,15H2,1-3H3/t12-/m1/s1.